The van der Waals surface area contributed by atoms with Crippen molar-refractivity contribution in [3.63, 3.8) is 0 Å². The Balaban J connectivity index is 2.09. The van der Waals surface area contributed by atoms with Gasteiger partial charge in [-0.15, -0.1) is 0 Å². The number of benzene rings is 3. The van der Waals surface area contributed by atoms with Gasteiger partial charge in [-0.3, -0.25) is 9.59 Å². The Hall–Kier alpha value is -4.33. The van der Waals surface area contributed by atoms with Gasteiger partial charge in [0.15, 0.2) is 11.5 Å². The molecule has 0 radical (unpaired) electrons. The molecule has 0 amide bonds. The molecule has 0 bridgehead atoms. The number of aromatic hydroxyl groups is 1. The number of carbonyl (C=O) groups excluding carboxylic acids is 3. The molecule has 0 aliphatic heterocycles. The average Bonchev–Trinajstić information content (AvgIpc) is 2.82. The summed E-state index contributed by atoms with van der Waals surface area (Å²) in [5, 5.41) is 10.5. The summed E-state index contributed by atoms with van der Waals surface area (Å²) in [6, 6.07) is 18.3. The zero-order valence-electron chi connectivity index (χ0n) is 18.1. The quantitative estimate of drug-likeness (QED) is 0.397. The maximum Gasteiger partial charge on any atom is 0.343 e. The first-order valence-electron chi connectivity index (χ1n) is 10.1. The Kier molecular flexibility index (Phi) is 7.64. The van der Waals surface area contributed by atoms with E-state index in [1.165, 1.54) is 0 Å². The number of ether oxygens (including phenoxy) is 4. The fourth-order valence-corrected chi connectivity index (χ4v) is 2.78. The largest absolute Gasteiger partial charge is 0.504 e. The molecular weight excluding hydrogens is 428 g/mol. The molecule has 3 aromatic rings. The molecule has 1 N–H and O–H groups in total. The van der Waals surface area contributed by atoms with E-state index >= 15 is 0 Å². The van der Waals surface area contributed by atoms with Crippen LogP contribution in [0.2, 0.25) is 0 Å². The topological polar surface area (TPSA) is 108 Å². The Bertz CT molecular complexity index is 1140. The molecule has 0 fully saturated rings. The predicted molar refractivity (Wildman–Crippen MR) is 118 cm³/mol. The third kappa shape index (κ3) is 6.10. The molecule has 8 heteroatoms. The van der Waals surface area contributed by atoms with Gasteiger partial charge in [-0.1, -0.05) is 55.5 Å². The molecule has 0 saturated heterocycles. The number of rotatable bonds is 8. The van der Waals surface area contributed by atoms with E-state index < -0.39 is 29.4 Å². The first-order chi connectivity index (χ1) is 15.9. The van der Waals surface area contributed by atoms with E-state index in [2.05, 4.69) is 0 Å². The van der Waals surface area contributed by atoms with Crippen LogP contribution in [0.5, 0.6) is 28.7 Å². The lowest BCUT2D eigenvalue weighted by molar-refractivity contribution is -0.136. The summed E-state index contributed by atoms with van der Waals surface area (Å²) in [7, 11) is 0. The monoisotopic (exact) mass is 450 g/mol. The molecule has 3 rings (SSSR count). The summed E-state index contributed by atoms with van der Waals surface area (Å²) in [6.45, 7) is 2.70. The summed E-state index contributed by atoms with van der Waals surface area (Å²) in [5.74, 6) is -3.94. The molecule has 0 aromatic heterocycles. The zero-order chi connectivity index (χ0) is 23.8. The molecule has 33 heavy (non-hydrogen) atoms. The minimum atomic E-state index is -0.762. The lowest BCUT2D eigenvalue weighted by Gasteiger charge is -2.19. The minimum absolute atomic E-state index is 0.00751. The van der Waals surface area contributed by atoms with Crippen LogP contribution in [-0.4, -0.2) is 23.0 Å². The van der Waals surface area contributed by atoms with Crippen molar-refractivity contribution in [2.45, 2.75) is 26.9 Å². The van der Waals surface area contributed by atoms with Crippen LogP contribution in [-0.2, 0) is 16.2 Å². The number of phenols is 1. The molecule has 0 heterocycles. The molecule has 0 aliphatic carbocycles. The van der Waals surface area contributed by atoms with Crippen LogP contribution in [0.1, 0.15) is 36.2 Å². The Labute approximate surface area is 190 Å². The standard InChI is InChI=1S/C25H22O8/c1-3-21(28)33-24-22(31-16(2)26)19(27)14-20(32-25(29)18-12-8-5-9-13-18)23(24)30-15-17-10-6-4-7-11-17/h4-14,27H,3,15H2,1-2H3. The summed E-state index contributed by atoms with van der Waals surface area (Å²) >= 11 is 0. The van der Waals surface area contributed by atoms with Gasteiger partial charge in [-0.2, -0.15) is 0 Å². The lowest BCUT2D eigenvalue weighted by Crippen LogP contribution is -2.14. The predicted octanol–water partition coefficient (Wildman–Crippen LogP) is 4.43. The van der Waals surface area contributed by atoms with Crippen molar-refractivity contribution in [1.82, 2.24) is 0 Å². The van der Waals surface area contributed by atoms with E-state index in [0.29, 0.717) is 0 Å². The number of hydrogen-bond donors (Lipinski definition) is 1. The van der Waals surface area contributed by atoms with Gasteiger partial charge in [0.2, 0.25) is 17.2 Å². The highest BCUT2D eigenvalue weighted by Crippen LogP contribution is 2.51. The maximum absolute atomic E-state index is 12.7. The second-order valence-electron chi connectivity index (χ2n) is 6.83. The highest BCUT2D eigenvalue weighted by Gasteiger charge is 2.28. The number of hydrogen-bond acceptors (Lipinski definition) is 8. The van der Waals surface area contributed by atoms with E-state index in [0.717, 1.165) is 18.6 Å². The van der Waals surface area contributed by atoms with Crippen molar-refractivity contribution in [2.75, 3.05) is 0 Å². The van der Waals surface area contributed by atoms with Crippen molar-refractivity contribution in [3.8, 4) is 28.7 Å². The third-order valence-corrected chi connectivity index (χ3v) is 4.33. The van der Waals surface area contributed by atoms with Crippen molar-refractivity contribution in [2.24, 2.45) is 0 Å². The lowest BCUT2D eigenvalue weighted by atomic mass is 10.2. The first kappa shape index (κ1) is 23.3. The molecule has 0 unspecified atom stereocenters. The van der Waals surface area contributed by atoms with Crippen LogP contribution >= 0.6 is 0 Å². The second kappa shape index (κ2) is 10.8. The van der Waals surface area contributed by atoms with E-state index in [1.807, 2.05) is 18.2 Å². The molecule has 0 aliphatic rings. The fourth-order valence-electron chi connectivity index (χ4n) is 2.78. The van der Waals surface area contributed by atoms with Gasteiger partial charge < -0.3 is 24.1 Å². The summed E-state index contributed by atoms with van der Waals surface area (Å²) in [6.07, 6.45) is -0.00751. The van der Waals surface area contributed by atoms with Gasteiger partial charge in [0, 0.05) is 19.4 Å². The molecule has 8 nitrogen and oxygen atoms in total. The van der Waals surface area contributed by atoms with Crippen molar-refractivity contribution < 1.29 is 38.4 Å². The summed E-state index contributed by atoms with van der Waals surface area (Å²) in [5.41, 5.74) is 1.02. The number of phenolic OH excluding ortho intramolecular Hbond substituents is 1. The Morgan fingerprint density at radius 1 is 0.818 bits per heavy atom. The van der Waals surface area contributed by atoms with Crippen molar-refractivity contribution >= 4 is 17.9 Å². The van der Waals surface area contributed by atoms with Crippen LogP contribution in [0.3, 0.4) is 0 Å². The van der Waals surface area contributed by atoms with Gasteiger partial charge >= 0.3 is 17.9 Å². The van der Waals surface area contributed by atoms with Crippen LogP contribution in [0.25, 0.3) is 0 Å². The molecule has 0 saturated carbocycles. The van der Waals surface area contributed by atoms with Crippen molar-refractivity contribution in [1.29, 1.82) is 0 Å². The third-order valence-electron chi connectivity index (χ3n) is 4.33. The molecule has 3 aromatic carbocycles. The SMILES string of the molecule is CCC(=O)Oc1c(OC(C)=O)c(O)cc(OC(=O)c2ccccc2)c1OCc1ccccc1. The van der Waals surface area contributed by atoms with Crippen LogP contribution < -0.4 is 18.9 Å². The van der Waals surface area contributed by atoms with Crippen LogP contribution in [0.15, 0.2) is 66.7 Å². The van der Waals surface area contributed by atoms with E-state index in [1.54, 1.807) is 49.4 Å². The van der Waals surface area contributed by atoms with Crippen LogP contribution in [0.4, 0.5) is 0 Å². The molecule has 0 atom stereocenters. The highest BCUT2D eigenvalue weighted by atomic mass is 16.6. The number of carbonyl (C=O) groups is 3. The first-order valence-corrected chi connectivity index (χ1v) is 10.1. The Morgan fingerprint density at radius 2 is 1.45 bits per heavy atom. The normalized spacial score (nSPS) is 10.2. The number of esters is 3. The maximum atomic E-state index is 12.7. The van der Waals surface area contributed by atoms with Crippen LogP contribution in [0, 0.1) is 0 Å². The highest BCUT2D eigenvalue weighted by molar-refractivity contribution is 5.92. The Morgan fingerprint density at radius 3 is 2.06 bits per heavy atom. The van der Waals surface area contributed by atoms with Gasteiger partial charge in [0.1, 0.15) is 6.61 Å². The smallest absolute Gasteiger partial charge is 0.343 e. The van der Waals surface area contributed by atoms with E-state index in [9.17, 15) is 19.5 Å². The van der Waals surface area contributed by atoms with Gasteiger partial charge in [-0.05, 0) is 17.7 Å². The van der Waals surface area contributed by atoms with Gasteiger partial charge in [0.05, 0.1) is 5.56 Å². The second-order valence-corrected chi connectivity index (χ2v) is 6.83. The molecule has 170 valence electrons. The van der Waals surface area contributed by atoms with E-state index in [-0.39, 0.29) is 35.8 Å². The average molecular weight is 450 g/mol. The molecular formula is C25H22O8. The minimum Gasteiger partial charge on any atom is -0.504 e. The van der Waals surface area contributed by atoms with Crippen molar-refractivity contribution in [3.05, 3.63) is 77.9 Å². The zero-order valence-corrected chi connectivity index (χ0v) is 18.1. The fraction of sp³-hybridized carbons (Fsp3) is 0.160. The molecule has 0 spiro atoms. The summed E-state index contributed by atoms with van der Waals surface area (Å²) in [4.78, 5) is 36.4. The van der Waals surface area contributed by atoms with Gasteiger partial charge in [0.25, 0.3) is 0 Å². The van der Waals surface area contributed by atoms with Gasteiger partial charge in [-0.25, -0.2) is 4.79 Å². The summed E-state index contributed by atoms with van der Waals surface area (Å²) < 4.78 is 21.7. The van der Waals surface area contributed by atoms with E-state index in [4.69, 9.17) is 18.9 Å².